The minimum atomic E-state index is 0.254. The van der Waals surface area contributed by atoms with Crippen LogP contribution in [0.3, 0.4) is 0 Å². The normalized spacial score (nSPS) is 10.8. The molecular weight excluding hydrogens is 278 g/mol. The second-order valence-corrected chi connectivity index (χ2v) is 5.05. The van der Waals surface area contributed by atoms with Crippen LogP contribution in [-0.4, -0.2) is 28.2 Å². The van der Waals surface area contributed by atoms with Crippen molar-refractivity contribution in [1.82, 2.24) is 9.97 Å². The largest absolute Gasteiger partial charge is 0.508 e. The average molecular weight is 295 g/mol. The molecule has 3 rings (SSSR count). The van der Waals surface area contributed by atoms with Gasteiger partial charge in [-0.3, -0.25) is 0 Å². The first kappa shape index (κ1) is 14.3. The van der Waals surface area contributed by atoms with E-state index in [0.29, 0.717) is 24.9 Å². The molecule has 0 amide bonds. The second-order valence-electron chi connectivity index (χ2n) is 5.05. The van der Waals surface area contributed by atoms with Crippen LogP contribution < -0.4 is 10.5 Å². The van der Waals surface area contributed by atoms with E-state index in [9.17, 15) is 5.11 Å². The molecule has 5 nitrogen and oxygen atoms in total. The van der Waals surface area contributed by atoms with Gasteiger partial charge in [0.05, 0.1) is 0 Å². The molecule has 1 aromatic heterocycles. The van der Waals surface area contributed by atoms with Crippen molar-refractivity contribution in [2.24, 2.45) is 5.73 Å². The molecule has 0 saturated heterocycles. The van der Waals surface area contributed by atoms with Crippen LogP contribution in [0.2, 0.25) is 0 Å². The molecule has 3 aromatic rings. The van der Waals surface area contributed by atoms with Crippen LogP contribution in [0.4, 0.5) is 0 Å². The minimum absolute atomic E-state index is 0.254. The quantitative estimate of drug-likeness (QED) is 0.773. The Morgan fingerprint density at radius 2 is 1.82 bits per heavy atom. The smallest absolute Gasteiger partial charge is 0.217 e. The minimum Gasteiger partial charge on any atom is -0.508 e. The third-order valence-electron chi connectivity index (χ3n) is 3.28. The van der Waals surface area contributed by atoms with Gasteiger partial charge >= 0.3 is 0 Å². The third kappa shape index (κ3) is 2.99. The van der Waals surface area contributed by atoms with Crippen molar-refractivity contribution < 1.29 is 9.84 Å². The lowest BCUT2D eigenvalue weighted by Gasteiger charge is -2.08. The molecule has 5 heteroatoms. The lowest BCUT2D eigenvalue weighted by Crippen LogP contribution is -2.11. The number of nitrogens with two attached hydrogens (primary N) is 1. The van der Waals surface area contributed by atoms with Crippen LogP contribution >= 0.6 is 0 Å². The Kier molecular flexibility index (Phi) is 3.89. The fourth-order valence-electron chi connectivity index (χ4n) is 2.28. The molecule has 2 aromatic carbocycles. The maximum atomic E-state index is 9.52. The van der Waals surface area contributed by atoms with Gasteiger partial charge < -0.3 is 15.6 Å². The number of hydrogen-bond acceptors (Lipinski definition) is 5. The summed E-state index contributed by atoms with van der Waals surface area (Å²) in [7, 11) is 0. The molecule has 1 heterocycles. The van der Waals surface area contributed by atoms with Crippen molar-refractivity contribution in [2.45, 2.75) is 6.92 Å². The van der Waals surface area contributed by atoms with Crippen molar-refractivity contribution >= 4 is 10.8 Å². The molecule has 0 aliphatic rings. The second kappa shape index (κ2) is 5.99. The van der Waals surface area contributed by atoms with Crippen LogP contribution in [0.5, 0.6) is 11.6 Å². The average Bonchev–Trinajstić information content (AvgIpc) is 2.52. The Labute approximate surface area is 128 Å². The summed E-state index contributed by atoms with van der Waals surface area (Å²) in [6.45, 7) is 2.77. The zero-order valence-electron chi connectivity index (χ0n) is 12.3. The summed E-state index contributed by atoms with van der Waals surface area (Å²) >= 11 is 0. The van der Waals surface area contributed by atoms with E-state index in [1.54, 1.807) is 18.2 Å². The Morgan fingerprint density at radius 3 is 2.64 bits per heavy atom. The van der Waals surface area contributed by atoms with E-state index in [1.807, 2.05) is 31.2 Å². The number of fused-ring (bicyclic) bond motifs is 1. The molecule has 0 unspecified atom stereocenters. The molecule has 0 fully saturated rings. The van der Waals surface area contributed by atoms with E-state index < -0.39 is 0 Å². The molecule has 0 atom stereocenters. The third-order valence-corrected chi connectivity index (χ3v) is 3.28. The Morgan fingerprint density at radius 1 is 1.05 bits per heavy atom. The molecule has 0 spiro atoms. The number of nitrogens with zero attached hydrogens (tertiary/aromatic N) is 2. The highest BCUT2D eigenvalue weighted by atomic mass is 16.5. The van der Waals surface area contributed by atoms with E-state index in [2.05, 4.69) is 9.97 Å². The highest BCUT2D eigenvalue weighted by Gasteiger charge is 2.07. The monoisotopic (exact) mass is 295 g/mol. The van der Waals surface area contributed by atoms with Gasteiger partial charge in [-0.15, -0.1) is 0 Å². The SMILES string of the molecule is Cc1cc(OCCN)nc(-c2ccc3cc(O)ccc3c2)n1. The van der Waals surface area contributed by atoms with E-state index in [0.717, 1.165) is 22.0 Å². The Bertz CT molecular complexity index is 818. The number of aromatic hydroxyl groups is 1. The standard InChI is InChI=1S/C17H17N3O2/c1-11-8-16(22-7-6-18)20-17(19-11)14-3-2-13-10-15(21)5-4-12(13)9-14/h2-5,8-10,21H,6-7,18H2,1H3. The van der Waals surface area contributed by atoms with Crippen LogP contribution in [0.25, 0.3) is 22.2 Å². The fraction of sp³-hybridized carbons (Fsp3) is 0.176. The Hall–Kier alpha value is -2.66. The first-order valence-corrected chi connectivity index (χ1v) is 7.07. The van der Waals surface area contributed by atoms with E-state index in [-0.39, 0.29) is 5.75 Å². The van der Waals surface area contributed by atoms with E-state index in [1.165, 1.54) is 0 Å². The van der Waals surface area contributed by atoms with Crippen molar-refractivity contribution in [1.29, 1.82) is 0 Å². The summed E-state index contributed by atoms with van der Waals surface area (Å²) in [5.41, 5.74) is 7.19. The highest BCUT2D eigenvalue weighted by molar-refractivity contribution is 5.87. The maximum absolute atomic E-state index is 9.52. The van der Waals surface area contributed by atoms with Gasteiger partial charge in [-0.25, -0.2) is 4.98 Å². The molecular formula is C17H17N3O2. The highest BCUT2D eigenvalue weighted by Crippen LogP contribution is 2.26. The predicted octanol–water partition coefficient (Wildman–Crippen LogP) is 2.65. The number of ether oxygens (including phenoxy) is 1. The molecule has 0 aliphatic carbocycles. The summed E-state index contributed by atoms with van der Waals surface area (Å²) in [6, 6.07) is 12.9. The van der Waals surface area contributed by atoms with Crippen molar-refractivity contribution in [2.75, 3.05) is 13.2 Å². The van der Waals surface area contributed by atoms with E-state index >= 15 is 0 Å². The molecule has 0 radical (unpaired) electrons. The van der Waals surface area contributed by atoms with Gasteiger partial charge in [0.25, 0.3) is 0 Å². The zero-order valence-corrected chi connectivity index (χ0v) is 12.3. The molecule has 3 N–H and O–H groups in total. The fourth-order valence-corrected chi connectivity index (χ4v) is 2.28. The molecule has 112 valence electrons. The van der Waals surface area contributed by atoms with Gasteiger partial charge in [-0.1, -0.05) is 18.2 Å². The van der Waals surface area contributed by atoms with Gasteiger partial charge in [0.2, 0.25) is 5.88 Å². The maximum Gasteiger partial charge on any atom is 0.217 e. The van der Waals surface area contributed by atoms with Gasteiger partial charge in [-0.05, 0) is 35.9 Å². The first-order chi connectivity index (χ1) is 10.7. The number of aromatic nitrogens is 2. The number of hydrogen-bond donors (Lipinski definition) is 2. The topological polar surface area (TPSA) is 81.3 Å². The summed E-state index contributed by atoms with van der Waals surface area (Å²) < 4.78 is 5.49. The number of phenols is 1. The summed E-state index contributed by atoms with van der Waals surface area (Å²) in [5, 5.41) is 11.5. The van der Waals surface area contributed by atoms with Crippen LogP contribution in [0, 0.1) is 6.92 Å². The van der Waals surface area contributed by atoms with Crippen LogP contribution in [-0.2, 0) is 0 Å². The molecule has 0 bridgehead atoms. The van der Waals surface area contributed by atoms with E-state index in [4.69, 9.17) is 10.5 Å². The summed E-state index contributed by atoms with van der Waals surface area (Å²) in [5.74, 6) is 1.39. The van der Waals surface area contributed by atoms with Gasteiger partial charge in [-0.2, -0.15) is 4.98 Å². The van der Waals surface area contributed by atoms with Crippen molar-refractivity contribution in [3.8, 4) is 23.0 Å². The number of benzene rings is 2. The van der Waals surface area contributed by atoms with Gasteiger partial charge in [0.15, 0.2) is 5.82 Å². The van der Waals surface area contributed by atoms with Crippen LogP contribution in [0.1, 0.15) is 5.69 Å². The molecule has 0 aliphatic heterocycles. The summed E-state index contributed by atoms with van der Waals surface area (Å²) in [4.78, 5) is 8.89. The predicted molar refractivity (Wildman–Crippen MR) is 85.9 cm³/mol. The zero-order chi connectivity index (χ0) is 15.5. The number of phenolic OH excluding ortho intramolecular Hbond substituents is 1. The van der Waals surface area contributed by atoms with Crippen LogP contribution in [0.15, 0.2) is 42.5 Å². The van der Waals surface area contributed by atoms with Crippen molar-refractivity contribution in [3.05, 3.63) is 48.2 Å². The Balaban J connectivity index is 2.02. The molecule has 22 heavy (non-hydrogen) atoms. The number of rotatable bonds is 4. The number of aryl methyl sites for hydroxylation is 1. The first-order valence-electron chi connectivity index (χ1n) is 7.07. The van der Waals surface area contributed by atoms with Gasteiger partial charge in [0, 0.05) is 23.9 Å². The molecule has 0 saturated carbocycles. The lowest BCUT2D eigenvalue weighted by molar-refractivity contribution is 0.315. The summed E-state index contributed by atoms with van der Waals surface area (Å²) in [6.07, 6.45) is 0. The lowest BCUT2D eigenvalue weighted by atomic mass is 10.1. The van der Waals surface area contributed by atoms with Gasteiger partial charge in [0.1, 0.15) is 12.4 Å². The van der Waals surface area contributed by atoms with Crippen molar-refractivity contribution in [3.63, 3.8) is 0 Å².